The van der Waals surface area contributed by atoms with E-state index in [9.17, 15) is 0 Å². The molecule has 0 atom stereocenters. The van der Waals surface area contributed by atoms with E-state index in [1.807, 2.05) is 0 Å². The van der Waals surface area contributed by atoms with Crippen LogP contribution in [0.5, 0.6) is 0 Å². The van der Waals surface area contributed by atoms with Crippen molar-refractivity contribution in [1.82, 2.24) is 10.6 Å². The zero-order valence-electron chi connectivity index (χ0n) is 7.18. The molecule has 0 aliphatic carbocycles. The summed E-state index contributed by atoms with van der Waals surface area (Å²) in [7, 11) is 3.15. The highest BCUT2D eigenvalue weighted by molar-refractivity contribution is 5.78. The lowest BCUT2D eigenvalue weighted by Crippen LogP contribution is -2.35. The van der Waals surface area contributed by atoms with Gasteiger partial charge >= 0.3 is 0 Å². The minimum absolute atomic E-state index is 0.564. The second kappa shape index (κ2) is 7.14. The van der Waals surface area contributed by atoms with Crippen LogP contribution in [0.25, 0.3) is 0 Å². The number of nitrogens with zero attached hydrogens (tertiary/aromatic N) is 1. The smallest absolute Gasteiger partial charge is 0.237 e. The largest absolute Gasteiger partial charge is 0.357 e. The van der Waals surface area contributed by atoms with E-state index in [0.717, 1.165) is 13.0 Å². The molecule has 0 amide bonds. The summed E-state index contributed by atoms with van der Waals surface area (Å²) in [6.07, 6.45) is 1.04. The molecule has 0 radical (unpaired) electrons. The molecule has 0 aromatic heterocycles. The van der Waals surface area contributed by atoms with Crippen LogP contribution < -0.4 is 10.6 Å². The molecule has 0 fully saturated rings. The Kier molecular flexibility index (Phi) is 6.51. The third-order valence-electron chi connectivity index (χ3n) is 0.982. The molecular formula is C6H15N3O2. The van der Waals surface area contributed by atoms with E-state index >= 15 is 0 Å². The second-order valence-corrected chi connectivity index (χ2v) is 1.86. The molecule has 0 aromatic rings. The van der Waals surface area contributed by atoms with Crippen LogP contribution >= 0.6 is 0 Å². The molecule has 0 heterocycles. The van der Waals surface area contributed by atoms with E-state index in [4.69, 9.17) is 0 Å². The fourth-order valence-corrected chi connectivity index (χ4v) is 0.484. The van der Waals surface area contributed by atoms with Gasteiger partial charge in [0.05, 0.1) is 7.11 Å². The summed E-state index contributed by atoms with van der Waals surface area (Å²) < 4.78 is 0. The fraction of sp³-hybridized carbons (Fsp3) is 0.833. The van der Waals surface area contributed by atoms with Gasteiger partial charge < -0.3 is 10.6 Å². The van der Waals surface area contributed by atoms with Crippen molar-refractivity contribution in [2.24, 2.45) is 5.16 Å². The van der Waals surface area contributed by atoms with E-state index in [2.05, 4.69) is 32.6 Å². The van der Waals surface area contributed by atoms with E-state index in [0.29, 0.717) is 5.96 Å². The predicted octanol–water partition coefficient (Wildman–Crippen LogP) is 0.0544. The van der Waals surface area contributed by atoms with Crippen molar-refractivity contribution in [3.8, 4) is 0 Å². The number of guanidine groups is 1. The zero-order valence-corrected chi connectivity index (χ0v) is 7.18. The average molecular weight is 161 g/mol. The summed E-state index contributed by atoms with van der Waals surface area (Å²) >= 11 is 0. The molecule has 0 rings (SSSR count). The summed E-state index contributed by atoms with van der Waals surface area (Å²) in [5, 5.41) is 9.36. The van der Waals surface area contributed by atoms with Crippen LogP contribution in [0.15, 0.2) is 5.16 Å². The van der Waals surface area contributed by atoms with Crippen LogP contribution in [0.1, 0.15) is 13.3 Å². The Morgan fingerprint density at radius 2 is 2.27 bits per heavy atom. The lowest BCUT2D eigenvalue weighted by Gasteiger charge is -2.05. The first-order chi connectivity index (χ1) is 5.35. The fourth-order valence-electron chi connectivity index (χ4n) is 0.484. The number of hydrogen-bond acceptors (Lipinski definition) is 3. The van der Waals surface area contributed by atoms with Crippen molar-refractivity contribution in [2.45, 2.75) is 13.3 Å². The number of rotatable bonds is 4. The summed E-state index contributed by atoms with van der Waals surface area (Å²) in [4.78, 5) is 8.63. The summed E-state index contributed by atoms with van der Waals surface area (Å²) in [6.45, 7) is 2.92. The standard InChI is InChI=1S/C6H15N3O2/c1-4-5-8-6(7-2)9-11-10-3/h4-5H2,1-3H3,(H2,7,8,9). The maximum Gasteiger partial charge on any atom is 0.237 e. The molecule has 5 nitrogen and oxygen atoms in total. The third kappa shape index (κ3) is 5.47. The Balaban J connectivity index is 3.55. The molecule has 11 heavy (non-hydrogen) atoms. The van der Waals surface area contributed by atoms with Gasteiger partial charge in [-0.1, -0.05) is 6.92 Å². The summed E-state index contributed by atoms with van der Waals surface area (Å²) in [5.74, 6) is 0.564. The van der Waals surface area contributed by atoms with E-state index in [1.54, 1.807) is 7.05 Å². The van der Waals surface area contributed by atoms with Gasteiger partial charge in [-0.05, 0) is 11.6 Å². The highest BCUT2D eigenvalue weighted by Gasteiger charge is 1.92. The molecule has 0 saturated heterocycles. The van der Waals surface area contributed by atoms with Gasteiger partial charge in [-0.2, -0.15) is 4.89 Å². The van der Waals surface area contributed by atoms with Crippen molar-refractivity contribution in [3.63, 3.8) is 0 Å². The molecule has 0 spiro atoms. The van der Waals surface area contributed by atoms with Crippen LogP contribution in [-0.2, 0) is 9.88 Å². The molecular weight excluding hydrogens is 146 g/mol. The van der Waals surface area contributed by atoms with Crippen molar-refractivity contribution in [1.29, 1.82) is 0 Å². The predicted molar refractivity (Wildman–Crippen MR) is 42.9 cm³/mol. The topological polar surface area (TPSA) is 54.9 Å². The maximum absolute atomic E-state index is 4.35. The van der Waals surface area contributed by atoms with Crippen LogP contribution in [0.3, 0.4) is 0 Å². The molecule has 0 aromatic carbocycles. The van der Waals surface area contributed by atoms with Crippen LogP contribution in [0, 0.1) is 0 Å². The quantitative estimate of drug-likeness (QED) is 0.265. The Labute approximate surface area is 66.7 Å². The number of hydrogen-bond donors (Lipinski definition) is 2. The molecule has 66 valence electrons. The van der Waals surface area contributed by atoms with Crippen LogP contribution in [0.2, 0.25) is 0 Å². The molecule has 0 saturated carbocycles. The van der Waals surface area contributed by atoms with Gasteiger partial charge in [0.1, 0.15) is 0 Å². The summed E-state index contributed by atoms with van der Waals surface area (Å²) in [5.41, 5.74) is 0. The summed E-state index contributed by atoms with van der Waals surface area (Å²) in [6, 6.07) is 0. The van der Waals surface area contributed by atoms with Gasteiger partial charge in [-0.15, -0.1) is 0 Å². The van der Waals surface area contributed by atoms with Crippen molar-refractivity contribution < 1.29 is 9.88 Å². The Morgan fingerprint density at radius 3 is 2.73 bits per heavy atom. The Morgan fingerprint density at radius 1 is 1.55 bits per heavy atom. The second-order valence-electron chi connectivity index (χ2n) is 1.86. The van der Waals surface area contributed by atoms with E-state index in [1.165, 1.54) is 7.11 Å². The molecule has 0 aliphatic heterocycles. The van der Waals surface area contributed by atoms with Crippen molar-refractivity contribution in [2.75, 3.05) is 20.7 Å². The first-order valence-corrected chi connectivity index (χ1v) is 3.54. The van der Waals surface area contributed by atoms with Crippen molar-refractivity contribution >= 4 is 5.96 Å². The molecule has 0 bridgehead atoms. The van der Waals surface area contributed by atoms with Gasteiger partial charge in [0.2, 0.25) is 5.96 Å². The van der Waals surface area contributed by atoms with Gasteiger partial charge in [0.25, 0.3) is 0 Å². The van der Waals surface area contributed by atoms with Crippen LogP contribution in [0.4, 0.5) is 0 Å². The first-order valence-electron chi connectivity index (χ1n) is 3.54. The minimum atomic E-state index is 0.564. The molecule has 5 heteroatoms. The Hall–Kier alpha value is -0.970. The molecule has 0 aliphatic rings. The average Bonchev–Trinajstić information content (AvgIpc) is 2.05. The number of nitrogens with one attached hydrogen (secondary N) is 2. The van der Waals surface area contributed by atoms with Gasteiger partial charge in [-0.3, -0.25) is 0 Å². The number of oxime groups is 1. The van der Waals surface area contributed by atoms with E-state index in [-0.39, 0.29) is 0 Å². The molecule has 2 N–H and O–H groups in total. The lowest BCUT2D eigenvalue weighted by atomic mass is 10.5. The Bertz CT molecular complexity index is 116. The highest BCUT2D eigenvalue weighted by atomic mass is 17.3. The van der Waals surface area contributed by atoms with Crippen LogP contribution in [-0.4, -0.2) is 26.7 Å². The SMILES string of the molecule is CCCN/C(=N/OOC)NC. The normalized spacial score (nSPS) is 11.0. The maximum atomic E-state index is 4.35. The van der Waals surface area contributed by atoms with Gasteiger partial charge in [0, 0.05) is 13.6 Å². The van der Waals surface area contributed by atoms with E-state index < -0.39 is 0 Å². The van der Waals surface area contributed by atoms with Gasteiger partial charge in [-0.25, -0.2) is 4.99 Å². The highest BCUT2D eigenvalue weighted by Crippen LogP contribution is 1.76. The first kappa shape index (κ1) is 10.0. The van der Waals surface area contributed by atoms with Crippen molar-refractivity contribution in [3.05, 3.63) is 0 Å². The molecule has 0 unspecified atom stereocenters. The minimum Gasteiger partial charge on any atom is -0.357 e. The third-order valence-corrected chi connectivity index (χ3v) is 0.982. The lowest BCUT2D eigenvalue weighted by molar-refractivity contribution is -0.273. The monoisotopic (exact) mass is 161 g/mol. The zero-order chi connectivity index (χ0) is 8.53. The van der Waals surface area contributed by atoms with Gasteiger partial charge in [0.15, 0.2) is 0 Å².